The lowest BCUT2D eigenvalue weighted by Crippen LogP contribution is -2.30. The Balaban J connectivity index is 2.65. The monoisotopic (exact) mass is 221 g/mol. The van der Waals surface area contributed by atoms with Crippen LogP contribution in [0.25, 0.3) is 0 Å². The number of carboxylic acid groups (broad SMARTS) is 1. The van der Waals surface area contributed by atoms with Gasteiger partial charge in [-0.25, -0.2) is 0 Å². The van der Waals surface area contributed by atoms with Crippen LogP contribution in [-0.2, 0) is 16.0 Å². The highest BCUT2D eigenvalue weighted by Gasteiger charge is 2.19. The molecule has 0 aliphatic carbocycles. The summed E-state index contributed by atoms with van der Waals surface area (Å²) in [6, 6.07) is 9.40. The minimum atomic E-state index is -0.877. The molecule has 0 fully saturated rings. The van der Waals surface area contributed by atoms with E-state index in [0.717, 1.165) is 5.56 Å². The molecule has 4 heteroatoms. The average Bonchev–Trinajstić information content (AvgIpc) is 2.29. The van der Waals surface area contributed by atoms with Crippen molar-refractivity contribution in [1.82, 2.24) is 4.90 Å². The molecule has 1 amide bonds. The van der Waals surface area contributed by atoms with Gasteiger partial charge in [-0.1, -0.05) is 30.3 Å². The van der Waals surface area contributed by atoms with Crippen molar-refractivity contribution >= 4 is 12.4 Å². The molecule has 0 aliphatic heterocycles. The van der Waals surface area contributed by atoms with Crippen molar-refractivity contribution < 1.29 is 14.7 Å². The second kappa shape index (κ2) is 5.90. The van der Waals surface area contributed by atoms with Gasteiger partial charge in [0.15, 0.2) is 0 Å². The number of amides is 1. The van der Waals surface area contributed by atoms with E-state index >= 15 is 0 Å². The van der Waals surface area contributed by atoms with E-state index in [4.69, 9.17) is 5.11 Å². The van der Waals surface area contributed by atoms with Crippen LogP contribution in [0.3, 0.4) is 0 Å². The van der Waals surface area contributed by atoms with E-state index in [1.165, 1.54) is 4.90 Å². The molecule has 4 nitrogen and oxygen atoms in total. The van der Waals surface area contributed by atoms with Gasteiger partial charge in [-0.05, 0) is 12.0 Å². The van der Waals surface area contributed by atoms with Crippen LogP contribution < -0.4 is 0 Å². The summed E-state index contributed by atoms with van der Waals surface area (Å²) in [5, 5.41) is 9.04. The zero-order valence-electron chi connectivity index (χ0n) is 9.17. The summed E-state index contributed by atoms with van der Waals surface area (Å²) < 4.78 is 0. The highest BCUT2D eigenvalue weighted by molar-refractivity contribution is 5.71. The predicted octanol–water partition coefficient (Wildman–Crippen LogP) is 1.02. The molecular weight excluding hydrogens is 206 g/mol. The molecule has 0 saturated heterocycles. The Labute approximate surface area is 94.5 Å². The Kier molecular flexibility index (Phi) is 4.51. The zero-order valence-corrected chi connectivity index (χ0v) is 9.17. The fourth-order valence-electron chi connectivity index (χ4n) is 1.52. The van der Waals surface area contributed by atoms with E-state index in [9.17, 15) is 9.59 Å². The molecule has 86 valence electrons. The molecule has 1 unspecified atom stereocenters. The first-order valence-corrected chi connectivity index (χ1v) is 5.05. The lowest BCUT2D eigenvalue weighted by Gasteiger charge is -2.17. The molecule has 0 radical (unpaired) electrons. The quantitative estimate of drug-likeness (QED) is 0.729. The highest BCUT2D eigenvalue weighted by Crippen LogP contribution is 2.09. The number of nitrogens with zero attached hydrogens (tertiary/aromatic N) is 1. The van der Waals surface area contributed by atoms with Gasteiger partial charge >= 0.3 is 5.97 Å². The van der Waals surface area contributed by atoms with Gasteiger partial charge < -0.3 is 10.0 Å². The maximum Gasteiger partial charge on any atom is 0.308 e. The number of carbonyl (C=O) groups excluding carboxylic acids is 1. The lowest BCUT2D eigenvalue weighted by molar-refractivity contribution is -0.142. The Morgan fingerprint density at radius 2 is 2.06 bits per heavy atom. The zero-order chi connectivity index (χ0) is 12.0. The van der Waals surface area contributed by atoms with Crippen LogP contribution in [0.4, 0.5) is 0 Å². The number of carboxylic acids is 1. The Bertz CT molecular complexity index is 351. The van der Waals surface area contributed by atoms with Crippen LogP contribution in [0.2, 0.25) is 0 Å². The minimum Gasteiger partial charge on any atom is -0.481 e. The molecule has 16 heavy (non-hydrogen) atoms. The van der Waals surface area contributed by atoms with Crippen molar-refractivity contribution in [3.8, 4) is 0 Å². The molecule has 0 heterocycles. The van der Waals surface area contributed by atoms with E-state index in [2.05, 4.69) is 0 Å². The van der Waals surface area contributed by atoms with Crippen molar-refractivity contribution in [1.29, 1.82) is 0 Å². The van der Waals surface area contributed by atoms with Crippen molar-refractivity contribution in [3.05, 3.63) is 35.9 Å². The van der Waals surface area contributed by atoms with Crippen LogP contribution >= 0.6 is 0 Å². The summed E-state index contributed by atoms with van der Waals surface area (Å²) in [7, 11) is 1.58. The van der Waals surface area contributed by atoms with Gasteiger partial charge in [-0.3, -0.25) is 9.59 Å². The van der Waals surface area contributed by atoms with Crippen molar-refractivity contribution in [2.75, 3.05) is 13.6 Å². The van der Waals surface area contributed by atoms with Gasteiger partial charge in [0.2, 0.25) is 6.41 Å². The maximum atomic E-state index is 11.0. The molecular formula is C12H15NO3. The van der Waals surface area contributed by atoms with E-state index in [0.29, 0.717) is 12.8 Å². The van der Waals surface area contributed by atoms with Crippen molar-refractivity contribution in [2.24, 2.45) is 5.92 Å². The molecule has 0 aliphatic rings. The number of benzene rings is 1. The first-order valence-electron chi connectivity index (χ1n) is 5.05. The number of rotatable bonds is 6. The summed E-state index contributed by atoms with van der Waals surface area (Å²) in [5.74, 6) is -1.44. The topological polar surface area (TPSA) is 57.6 Å². The third-order valence-corrected chi connectivity index (χ3v) is 2.36. The number of aliphatic carboxylic acids is 1. The summed E-state index contributed by atoms with van der Waals surface area (Å²) >= 11 is 0. The molecule has 1 aromatic rings. The van der Waals surface area contributed by atoms with Crippen LogP contribution in [0.15, 0.2) is 30.3 Å². The van der Waals surface area contributed by atoms with Gasteiger partial charge in [0.25, 0.3) is 0 Å². The number of hydrogen-bond donors (Lipinski definition) is 1. The van der Waals surface area contributed by atoms with Gasteiger partial charge in [0.1, 0.15) is 0 Å². The fraction of sp³-hybridized carbons (Fsp3) is 0.333. The molecule has 1 aromatic carbocycles. The SMILES string of the molecule is CN(C=O)CC(Cc1ccccc1)C(=O)O. The molecule has 1 N–H and O–H groups in total. The standard InChI is InChI=1S/C12H15NO3/c1-13(9-14)8-11(12(15)16)7-10-5-3-2-4-6-10/h2-6,9,11H,7-8H2,1H3,(H,15,16). The fourth-order valence-corrected chi connectivity index (χ4v) is 1.52. The van der Waals surface area contributed by atoms with E-state index in [-0.39, 0.29) is 6.54 Å². The first-order chi connectivity index (χ1) is 7.63. The van der Waals surface area contributed by atoms with Crippen molar-refractivity contribution in [3.63, 3.8) is 0 Å². The molecule has 0 saturated carbocycles. The normalized spacial score (nSPS) is 11.8. The van der Waals surface area contributed by atoms with E-state index in [1.807, 2.05) is 30.3 Å². The summed E-state index contributed by atoms with van der Waals surface area (Å²) in [6.07, 6.45) is 1.08. The van der Waals surface area contributed by atoms with E-state index in [1.54, 1.807) is 7.05 Å². The van der Waals surface area contributed by atoms with Crippen LogP contribution in [-0.4, -0.2) is 36.0 Å². The largest absolute Gasteiger partial charge is 0.481 e. The Hall–Kier alpha value is -1.84. The van der Waals surface area contributed by atoms with Gasteiger partial charge in [-0.2, -0.15) is 0 Å². The van der Waals surface area contributed by atoms with E-state index < -0.39 is 11.9 Å². The smallest absolute Gasteiger partial charge is 0.308 e. The summed E-state index contributed by atoms with van der Waals surface area (Å²) in [5.41, 5.74) is 0.967. The lowest BCUT2D eigenvalue weighted by atomic mass is 9.99. The Morgan fingerprint density at radius 3 is 2.56 bits per heavy atom. The van der Waals surface area contributed by atoms with Crippen molar-refractivity contribution in [2.45, 2.75) is 6.42 Å². The molecule has 0 bridgehead atoms. The van der Waals surface area contributed by atoms with Gasteiger partial charge in [0, 0.05) is 13.6 Å². The third-order valence-electron chi connectivity index (χ3n) is 2.36. The molecule has 0 spiro atoms. The molecule has 0 aromatic heterocycles. The summed E-state index contributed by atoms with van der Waals surface area (Å²) in [4.78, 5) is 22.8. The number of hydrogen-bond acceptors (Lipinski definition) is 2. The second-order valence-electron chi connectivity index (χ2n) is 3.77. The van der Waals surface area contributed by atoms with Crippen LogP contribution in [0.5, 0.6) is 0 Å². The highest BCUT2D eigenvalue weighted by atomic mass is 16.4. The van der Waals surface area contributed by atoms with Crippen LogP contribution in [0, 0.1) is 5.92 Å². The Morgan fingerprint density at radius 1 is 1.44 bits per heavy atom. The molecule has 1 atom stereocenters. The predicted molar refractivity (Wildman–Crippen MR) is 60.0 cm³/mol. The maximum absolute atomic E-state index is 11.0. The second-order valence-corrected chi connectivity index (χ2v) is 3.77. The van der Waals surface area contributed by atoms with Gasteiger partial charge in [0.05, 0.1) is 5.92 Å². The van der Waals surface area contributed by atoms with Crippen LogP contribution in [0.1, 0.15) is 5.56 Å². The molecule has 1 rings (SSSR count). The first kappa shape index (κ1) is 12.2. The summed E-state index contributed by atoms with van der Waals surface area (Å²) in [6.45, 7) is 0.230. The third kappa shape index (κ3) is 3.73. The van der Waals surface area contributed by atoms with Gasteiger partial charge in [-0.15, -0.1) is 0 Å². The average molecular weight is 221 g/mol. The minimum absolute atomic E-state index is 0.230. The number of carbonyl (C=O) groups is 2.